The quantitative estimate of drug-likeness (QED) is 0.479. The van der Waals surface area contributed by atoms with Crippen LogP contribution in [-0.4, -0.2) is 41.5 Å². The lowest BCUT2D eigenvalue weighted by molar-refractivity contribution is 0.142. The first-order chi connectivity index (χ1) is 7.39. The van der Waals surface area contributed by atoms with Crippen LogP contribution in [0, 0.1) is 0 Å². The summed E-state index contributed by atoms with van der Waals surface area (Å²) >= 11 is 46.5. The molecule has 100 valence electrons. The van der Waals surface area contributed by atoms with E-state index in [1.54, 1.807) is 7.05 Å². The molecule has 1 atom stereocenters. The molecule has 0 N–H and O–H groups in total. The van der Waals surface area contributed by atoms with Crippen molar-refractivity contribution in [2.24, 2.45) is 5.10 Å². The summed E-state index contributed by atoms with van der Waals surface area (Å²) in [4.78, 5) is 1.15. The van der Waals surface area contributed by atoms with E-state index in [1.807, 2.05) is 0 Å². The summed E-state index contributed by atoms with van der Waals surface area (Å²) in [5.74, 6) is 0. The third-order valence-corrected chi connectivity index (χ3v) is 4.99. The van der Waals surface area contributed by atoms with Gasteiger partial charge in [-0.3, -0.25) is 9.91 Å². The minimum absolute atomic E-state index is 0.953. The Morgan fingerprint density at radius 2 is 1.47 bits per heavy atom. The lowest BCUT2D eigenvalue weighted by Crippen LogP contribution is -2.58. The van der Waals surface area contributed by atoms with E-state index in [1.165, 1.54) is 11.3 Å². The summed E-state index contributed by atoms with van der Waals surface area (Å²) in [5.41, 5.74) is 0. The van der Waals surface area contributed by atoms with Crippen LogP contribution in [0.3, 0.4) is 0 Å². The molecule has 1 heterocycles. The smallest absolute Gasteiger partial charge is 0.270 e. The van der Waals surface area contributed by atoms with Gasteiger partial charge in [-0.1, -0.05) is 92.8 Å². The van der Waals surface area contributed by atoms with Gasteiger partial charge in [0.25, 0.3) is 3.92 Å². The Morgan fingerprint density at radius 3 is 1.82 bits per heavy atom. The zero-order chi connectivity index (χ0) is 13.6. The minimum atomic E-state index is -2.00. The van der Waals surface area contributed by atoms with Crippen molar-refractivity contribution in [1.82, 2.24) is 9.91 Å². The highest BCUT2D eigenvalue weighted by molar-refractivity contribution is 6.76. The van der Waals surface area contributed by atoms with Gasteiger partial charge < -0.3 is 0 Å². The number of hydrogen-bond donors (Lipinski definition) is 0. The molecule has 0 spiro atoms. The van der Waals surface area contributed by atoms with Crippen molar-refractivity contribution in [1.29, 1.82) is 0 Å². The van der Waals surface area contributed by atoms with E-state index in [9.17, 15) is 0 Å². The fourth-order valence-electron chi connectivity index (χ4n) is 1.20. The number of hydrogen-bond acceptors (Lipinski definition) is 3. The first kappa shape index (κ1) is 16.6. The number of rotatable bonds is 1. The Hall–Kier alpha value is 1.59. The Bertz CT molecular complexity index is 318. The Labute approximate surface area is 138 Å². The highest BCUT2D eigenvalue weighted by Gasteiger charge is 2.59. The van der Waals surface area contributed by atoms with Crippen LogP contribution in [0.15, 0.2) is 5.10 Å². The average molecular weight is 403 g/mol. The van der Waals surface area contributed by atoms with E-state index >= 15 is 0 Å². The van der Waals surface area contributed by atoms with E-state index in [4.69, 9.17) is 92.8 Å². The number of hydrazone groups is 1. The van der Waals surface area contributed by atoms with E-state index in [-0.39, 0.29) is 0 Å². The summed E-state index contributed by atoms with van der Waals surface area (Å²) < 4.78 is -5.70. The molecule has 1 unspecified atom stereocenters. The standard InChI is InChI=1S/C6H5Cl8N3/c1-16-3(4(7,8)5(9,10)11)17(2-15-16)6(12,13)14/h2-3H,1H3. The van der Waals surface area contributed by atoms with E-state index in [2.05, 4.69) is 5.10 Å². The monoisotopic (exact) mass is 399 g/mol. The molecule has 17 heavy (non-hydrogen) atoms. The van der Waals surface area contributed by atoms with Crippen molar-refractivity contribution in [3.63, 3.8) is 0 Å². The first-order valence-corrected chi connectivity index (χ1v) is 6.98. The second-order valence-corrected chi connectivity index (χ2v) is 9.06. The maximum Gasteiger partial charge on any atom is 0.270 e. The fraction of sp³-hybridized carbons (Fsp3) is 0.833. The molecular formula is C6H5Cl8N3. The van der Waals surface area contributed by atoms with Crippen molar-refractivity contribution in [2.45, 2.75) is 18.2 Å². The first-order valence-electron chi connectivity index (χ1n) is 3.95. The molecule has 0 saturated heterocycles. The molecule has 0 bridgehead atoms. The molecule has 0 aromatic heterocycles. The zero-order valence-electron chi connectivity index (χ0n) is 8.02. The lowest BCUT2D eigenvalue weighted by Gasteiger charge is -2.42. The third kappa shape index (κ3) is 3.38. The molecule has 0 saturated carbocycles. The molecule has 0 aromatic carbocycles. The van der Waals surface area contributed by atoms with Gasteiger partial charge in [-0.2, -0.15) is 5.10 Å². The second-order valence-electron chi connectivity index (χ2n) is 3.17. The van der Waals surface area contributed by atoms with Crippen LogP contribution in [-0.2, 0) is 0 Å². The third-order valence-electron chi connectivity index (χ3n) is 1.97. The summed E-state index contributed by atoms with van der Waals surface area (Å²) in [5, 5.41) is 5.20. The van der Waals surface area contributed by atoms with Crippen molar-refractivity contribution in [2.75, 3.05) is 7.05 Å². The maximum atomic E-state index is 6.04. The number of nitrogens with zero attached hydrogens (tertiary/aromatic N) is 3. The molecule has 1 rings (SSSR count). The Balaban J connectivity index is 3.11. The van der Waals surface area contributed by atoms with Gasteiger partial charge >= 0.3 is 0 Å². The van der Waals surface area contributed by atoms with Crippen molar-refractivity contribution < 1.29 is 0 Å². The minimum Gasteiger partial charge on any atom is -0.291 e. The normalized spacial score (nSPS) is 22.5. The maximum absolute atomic E-state index is 6.04. The summed E-state index contributed by atoms with van der Waals surface area (Å²) in [6, 6.07) is 0. The van der Waals surface area contributed by atoms with Crippen LogP contribution in [0.25, 0.3) is 0 Å². The lowest BCUT2D eigenvalue weighted by atomic mass is 10.3. The molecule has 0 aliphatic carbocycles. The predicted octanol–water partition coefficient (Wildman–Crippen LogP) is 4.38. The molecule has 1 aliphatic rings. The Morgan fingerprint density at radius 1 is 1.00 bits per heavy atom. The molecule has 11 heteroatoms. The molecular weight excluding hydrogens is 398 g/mol. The van der Waals surface area contributed by atoms with E-state index in [0.717, 1.165) is 4.90 Å². The van der Waals surface area contributed by atoms with Gasteiger partial charge in [-0.25, -0.2) is 0 Å². The largest absolute Gasteiger partial charge is 0.291 e. The topological polar surface area (TPSA) is 18.8 Å². The SMILES string of the molecule is CN1N=CN(C(Cl)(Cl)Cl)C1C(Cl)(Cl)C(Cl)(Cl)Cl. The molecule has 3 nitrogen and oxygen atoms in total. The van der Waals surface area contributed by atoms with Crippen LogP contribution in [0.1, 0.15) is 0 Å². The van der Waals surface area contributed by atoms with Crippen LogP contribution >= 0.6 is 92.8 Å². The fourth-order valence-corrected chi connectivity index (χ4v) is 2.40. The van der Waals surface area contributed by atoms with E-state index < -0.39 is 18.2 Å². The molecule has 1 aliphatic heterocycles. The van der Waals surface area contributed by atoms with Crippen LogP contribution in [0.4, 0.5) is 0 Å². The van der Waals surface area contributed by atoms with Crippen LogP contribution in [0.5, 0.6) is 0 Å². The van der Waals surface area contributed by atoms with Crippen molar-refractivity contribution in [3.05, 3.63) is 0 Å². The van der Waals surface area contributed by atoms with Gasteiger partial charge in [0.05, 0.1) is 0 Å². The molecule has 0 fully saturated rings. The highest BCUT2D eigenvalue weighted by Crippen LogP contribution is 2.52. The summed E-state index contributed by atoms with van der Waals surface area (Å²) in [6.07, 6.45) is 0.291. The number of alkyl halides is 8. The van der Waals surface area contributed by atoms with E-state index in [0.29, 0.717) is 0 Å². The van der Waals surface area contributed by atoms with Gasteiger partial charge in [-0.15, -0.1) is 0 Å². The molecule has 0 aromatic rings. The molecule has 0 radical (unpaired) electrons. The summed E-state index contributed by atoms with van der Waals surface area (Å²) in [7, 11) is 1.55. The average Bonchev–Trinajstić information content (AvgIpc) is 2.44. The van der Waals surface area contributed by atoms with Crippen LogP contribution < -0.4 is 0 Å². The van der Waals surface area contributed by atoms with Gasteiger partial charge in [-0.05, 0) is 0 Å². The van der Waals surface area contributed by atoms with Crippen LogP contribution in [0.2, 0.25) is 0 Å². The Kier molecular flexibility index (Phi) is 5.07. The van der Waals surface area contributed by atoms with Crippen molar-refractivity contribution >= 4 is 99.1 Å². The number of halogens is 8. The second kappa shape index (κ2) is 5.17. The van der Waals surface area contributed by atoms with Gasteiger partial charge in [0.1, 0.15) is 6.34 Å². The van der Waals surface area contributed by atoms with Gasteiger partial charge in [0.15, 0.2) is 6.17 Å². The molecule has 0 amide bonds. The highest BCUT2D eigenvalue weighted by atomic mass is 35.6. The predicted molar refractivity (Wildman–Crippen MR) is 76.9 cm³/mol. The van der Waals surface area contributed by atoms with Gasteiger partial charge in [0.2, 0.25) is 8.13 Å². The van der Waals surface area contributed by atoms with Gasteiger partial charge in [0, 0.05) is 7.05 Å². The zero-order valence-corrected chi connectivity index (χ0v) is 14.1. The van der Waals surface area contributed by atoms with Crippen molar-refractivity contribution in [3.8, 4) is 0 Å². The summed E-state index contributed by atoms with van der Waals surface area (Å²) in [6.45, 7) is 0.